The van der Waals surface area contributed by atoms with Crippen LogP contribution in [-0.2, 0) is 4.79 Å². The van der Waals surface area contributed by atoms with Gasteiger partial charge in [-0.2, -0.15) is 0 Å². The highest BCUT2D eigenvalue weighted by Gasteiger charge is 2.30. The van der Waals surface area contributed by atoms with Crippen LogP contribution in [-0.4, -0.2) is 50.1 Å². The standard InChI is InChI=1S/C19H28N2O4/c1-19(2,3)18(23)21-10-8-14(9-11-21)20-17(22)13-6-7-15(24-4)16(12-13)25-5/h6-7,12,14H,8-11H2,1-5H3,(H,20,22). The van der Waals surface area contributed by atoms with E-state index in [1.807, 2.05) is 25.7 Å². The van der Waals surface area contributed by atoms with Gasteiger partial charge in [0.05, 0.1) is 14.2 Å². The Balaban J connectivity index is 1.94. The van der Waals surface area contributed by atoms with Gasteiger partial charge < -0.3 is 19.7 Å². The number of methoxy groups -OCH3 is 2. The molecule has 138 valence electrons. The first-order valence-corrected chi connectivity index (χ1v) is 8.58. The third-order valence-corrected chi connectivity index (χ3v) is 4.40. The zero-order valence-electron chi connectivity index (χ0n) is 15.7. The minimum atomic E-state index is -0.365. The first kappa shape index (κ1) is 19.1. The molecule has 1 aliphatic rings. The molecule has 1 aromatic carbocycles. The van der Waals surface area contributed by atoms with Crippen LogP contribution >= 0.6 is 0 Å². The molecular weight excluding hydrogens is 320 g/mol. The minimum absolute atomic E-state index is 0.0737. The van der Waals surface area contributed by atoms with E-state index in [0.29, 0.717) is 30.2 Å². The Morgan fingerprint density at radius 2 is 1.68 bits per heavy atom. The van der Waals surface area contributed by atoms with E-state index in [1.54, 1.807) is 32.4 Å². The number of carbonyl (C=O) groups excluding carboxylic acids is 2. The SMILES string of the molecule is COc1ccc(C(=O)NC2CCN(C(=O)C(C)(C)C)CC2)cc1OC. The van der Waals surface area contributed by atoms with Gasteiger partial charge in [0, 0.05) is 30.1 Å². The highest BCUT2D eigenvalue weighted by atomic mass is 16.5. The van der Waals surface area contributed by atoms with E-state index in [2.05, 4.69) is 5.32 Å². The Morgan fingerprint density at radius 1 is 1.08 bits per heavy atom. The second kappa shape index (κ2) is 7.76. The van der Waals surface area contributed by atoms with E-state index in [-0.39, 0.29) is 23.3 Å². The zero-order chi connectivity index (χ0) is 18.6. The average Bonchev–Trinajstić information content (AvgIpc) is 2.60. The average molecular weight is 348 g/mol. The fourth-order valence-corrected chi connectivity index (χ4v) is 2.95. The van der Waals surface area contributed by atoms with Gasteiger partial charge in [-0.1, -0.05) is 20.8 Å². The molecule has 6 heteroatoms. The molecular formula is C19H28N2O4. The third-order valence-electron chi connectivity index (χ3n) is 4.40. The number of hydrogen-bond acceptors (Lipinski definition) is 4. The van der Waals surface area contributed by atoms with Crippen LogP contribution in [0, 0.1) is 5.41 Å². The van der Waals surface area contributed by atoms with Crippen molar-refractivity contribution in [3.63, 3.8) is 0 Å². The molecule has 0 aliphatic carbocycles. The van der Waals surface area contributed by atoms with Crippen molar-refractivity contribution in [2.75, 3.05) is 27.3 Å². The van der Waals surface area contributed by atoms with Gasteiger partial charge in [0.15, 0.2) is 11.5 Å². The van der Waals surface area contributed by atoms with E-state index in [4.69, 9.17) is 9.47 Å². The number of benzene rings is 1. The molecule has 2 rings (SSSR count). The van der Waals surface area contributed by atoms with E-state index in [9.17, 15) is 9.59 Å². The topological polar surface area (TPSA) is 67.9 Å². The van der Waals surface area contributed by atoms with Crippen LogP contribution in [0.5, 0.6) is 11.5 Å². The smallest absolute Gasteiger partial charge is 0.251 e. The van der Waals surface area contributed by atoms with Gasteiger partial charge in [-0.05, 0) is 31.0 Å². The van der Waals surface area contributed by atoms with Crippen LogP contribution in [0.3, 0.4) is 0 Å². The second-order valence-corrected chi connectivity index (χ2v) is 7.36. The summed E-state index contributed by atoms with van der Waals surface area (Å²) in [5.41, 5.74) is 0.168. The van der Waals surface area contributed by atoms with Crippen LogP contribution in [0.15, 0.2) is 18.2 Å². The number of amides is 2. The van der Waals surface area contributed by atoms with Gasteiger partial charge >= 0.3 is 0 Å². The Hall–Kier alpha value is -2.24. The van der Waals surface area contributed by atoms with Crippen molar-refractivity contribution in [2.45, 2.75) is 39.7 Å². The van der Waals surface area contributed by atoms with Crippen molar-refractivity contribution < 1.29 is 19.1 Å². The van der Waals surface area contributed by atoms with Crippen molar-refractivity contribution in [1.82, 2.24) is 10.2 Å². The molecule has 1 N–H and O–H groups in total. The highest BCUT2D eigenvalue weighted by Crippen LogP contribution is 2.27. The fraction of sp³-hybridized carbons (Fsp3) is 0.579. The van der Waals surface area contributed by atoms with Gasteiger partial charge in [-0.15, -0.1) is 0 Å². The molecule has 6 nitrogen and oxygen atoms in total. The van der Waals surface area contributed by atoms with E-state index < -0.39 is 0 Å². The largest absolute Gasteiger partial charge is 0.493 e. The quantitative estimate of drug-likeness (QED) is 0.908. The molecule has 0 unspecified atom stereocenters. The predicted molar refractivity (Wildman–Crippen MR) is 96.1 cm³/mol. The molecule has 0 atom stereocenters. The first-order valence-electron chi connectivity index (χ1n) is 8.58. The molecule has 25 heavy (non-hydrogen) atoms. The van der Waals surface area contributed by atoms with Gasteiger partial charge in [0.2, 0.25) is 5.91 Å². The van der Waals surface area contributed by atoms with Crippen LogP contribution < -0.4 is 14.8 Å². The summed E-state index contributed by atoms with van der Waals surface area (Å²) in [4.78, 5) is 26.7. The lowest BCUT2D eigenvalue weighted by molar-refractivity contribution is -0.140. The lowest BCUT2D eigenvalue weighted by Crippen LogP contribution is -2.49. The van der Waals surface area contributed by atoms with E-state index in [1.165, 1.54) is 0 Å². The van der Waals surface area contributed by atoms with E-state index in [0.717, 1.165) is 12.8 Å². The normalized spacial score (nSPS) is 15.6. The summed E-state index contributed by atoms with van der Waals surface area (Å²) in [5.74, 6) is 1.15. The summed E-state index contributed by atoms with van der Waals surface area (Å²) in [6.07, 6.45) is 1.53. The van der Waals surface area contributed by atoms with Crippen molar-refractivity contribution in [3.8, 4) is 11.5 Å². The summed E-state index contributed by atoms with van der Waals surface area (Å²) >= 11 is 0. The Morgan fingerprint density at radius 3 is 2.20 bits per heavy atom. The Kier molecular flexibility index (Phi) is 5.93. The molecule has 0 bridgehead atoms. The maximum Gasteiger partial charge on any atom is 0.251 e. The number of carbonyl (C=O) groups is 2. The zero-order valence-corrected chi connectivity index (χ0v) is 15.7. The molecule has 0 saturated carbocycles. The van der Waals surface area contributed by atoms with Crippen LogP contribution in [0.2, 0.25) is 0 Å². The molecule has 1 heterocycles. The molecule has 0 spiro atoms. The number of rotatable bonds is 4. The second-order valence-electron chi connectivity index (χ2n) is 7.36. The van der Waals surface area contributed by atoms with Crippen LogP contribution in [0.25, 0.3) is 0 Å². The molecule has 1 saturated heterocycles. The van der Waals surface area contributed by atoms with Gasteiger partial charge in [0.25, 0.3) is 5.91 Å². The fourth-order valence-electron chi connectivity index (χ4n) is 2.95. The summed E-state index contributed by atoms with van der Waals surface area (Å²) in [5, 5.41) is 3.05. The first-order chi connectivity index (χ1) is 11.8. The van der Waals surface area contributed by atoms with Crippen molar-refractivity contribution >= 4 is 11.8 Å². The van der Waals surface area contributed by atoms with Gasteiger partial charge in [-0.3, -0.25) is 9.59 Å². The number of hydrogen-bond donors (Lipinski definition) is 1. The van der Waals surface area contributed by atoms with Crippen molar-refractivity contribution in [3.05, 3.63) is 23.8 Å². The van der Waals surface area contributed by atoms with Gasteiger partial charge in [0.1, 0.15) is 0 Å². The maximum atomic E-state index is 12.5. The van der Waals surface area contributed by atoms with Gasteiger partial charge in [-0.25, -0.2) is 0 Å². The monoisotopic (exact) mass is 348 g/mol. The Labute approximate surface area is 149 Å². The number of piperidine rings is 1. The number of nitrogens with zero attached hydrogens (tertiary/aromatic N) is 1. The summed E-state index contributed by atoms with van der Waals surface area (Å²) in [6.45, 7) is 7.14. The number of likely N-dealkylation sites (tertiary alicyclic amines) is 1. The van der Waals surface area contributed by atoms with Crippen LogP contribution in [0.4, 0.5) is 0 Å². The summed E-state index contributed by atoms with van der Waals surface area (Å²) < 4.78 is 10.4. The highest BCUT2D eigenvalue weighted by molar-refractivity contribution is 5.95. The summed E-state index contributed by atoms with van der Waals surface area (Å²) in [7, 11) is 3.10. The lowest BCUT2D eigenvalue weighted by atomic mass is 9.93. The maximum absolute atomic E-state index is 12.5. The predicted octanol–water partition coefficient (Wildman–Crippen LogP) is 2.47. The molecule has 1 aliphatic heterocycles. The number of ether oxygens (including phenoxy) is 2. The third kappa shape index (κ3) is 4.65. The number of nitrogens with one attached hydrogen (secondary N) is 1. The summed E-state index contributed by atoms with van der Waals surface area (Å²) in [6, 6.07) is 5.18. The van der Waals surface area contributed by atoms with Crippen LogP contribution in [0.1, 0.15) is 44.0 Å². The lowest BCUT2D eigenvalue weighted by Gasteiger charge is -2.36. The van der Waals surface area contributed by atoms with E-state index >= 15 is 0 Å². The molecule has 1 aromatic rings. The molecule has 2 amide bonds. The molecule has 0 radical (unpaired) electrons. The molecule has 0 aromatic heterocycles. The minimum Gasteiger partial charge on any atom is -0.493 e. The van der Waals surface area contributed by atoms with Crippen molar-refractivity contribution in [2.24, 2.45) is 5.41 Å². The van der Waals surface area contributed by atoms with Crippen molar-refractivity contribution in [1.29, 1.82) is 0 Å². The molecule has 1 fully saturated rings. The Bertz CT molecular complexity index is 629.